The summed E-state index contributed by atoms with van der Waals surface area (Å²) in [7, 11) is 0. The summed E-state index contributed by atoms with van der Waals surface area (Å²) >= 11 is 0. The monoisotopic (exact) mass is 636 g/mol. The number of fused-ring (bicyclic) bond motifs is 6. The fourth-order valence-electron chi connectivity index (χ4n) is 7.89. The lowest BCUT2D eigenvalue weighted by Crippen LogP contribution is -1.98. The minimum atomic E-state index is 1.16. The lowest BCUT2D eigenvalue weighted by Gasteiger charge is -2.16. The molecule has 0 saturated heterocycles. The largest absolute Gasteiger partial charge is 0.309 e. The van der Waals surface area contributed by atoms with Gasteiger partial charge in [-0.1, -0.05) is 146 Å². The Morgan fingerprint density at radius 1 is 0.280 bits per heavy atom. The number of rotatable bonds is 5. The van der Waals surface area contributed by atoms with E-state index in [9.17, 15) is 0 Å². The summed E-state index contributed by atoms with van der Waals surface area (Å²) in [4.78, 5) is 0. The molecule has 2 nitrogen and oxygen atoms in total. The Morgan fingerprint density at radius 2 is 0.820 bits per heavy atom. The first-order valence-corrected chi connectivity index (χ1v) is 17.2. The zero-order valence-electron chi connectivity index (χ0n) is 27.4. The Kier molecular flexibility index (Phi) is 6.53. The van der Waals surface area contributed by atoms with Crippen LogP contribution in [0.2, 0.25) is 0 Å². The standard InChI is InChI=1S/C48H32N2/c1-4-15-33(16-5-1)35-27-29-47-43(31-35)41-24-14-23-39(34-17-6-2-7-18-34)48(41)50(47)44-25-12-10-21-38(44)36-28-30-46-42(32-36)40-22-11-13-26-45(40)49(46)37-19-8-3-9-20-37/h1-32H. The summed E-state index contributed by atoms with van der Waals surface area (Å²) < 4.78 is 4.87. The molecule has 234 valence electrons. The number of benzene rings is 8. The van der Waals surface area contributed by atoms with Crippen LogP contribution in [0.25, 0.3) is 88.4 Å². The summed E-state index contributed by atoms with van der Waals surface area (Å²) in [5.74, 6) is 0. The first-order chi connectivity index (χ1) is 24.8. The van der Waals surface area contributed by atoms with Crippen LogP contribution >= 0.6 is 0 Å². The Labute approximate surface area is 290 Å². The zero-order chi connectivity index (χ0) is 33.0. The van der Waals surface area contributed by atoms with Gasteiger partial charge in [0.15, 0.2) is 0 Å². The second-order valence-corrected chi connectivity index (χ2v) is 12.9. The third-order valence-electron chi connectivity index (χ3n) is 10.1. The van der Waals surface area contributed by atoms with Gasteiger partial charge in [0.05, 0.1) is 27.8 Å². The molecule has 8 aromatic carbocycles. The Bertz CT molecular complexity index is 2840. The molecule has 0 saturated carbocycles. The molecular weight excluding hydrogens is 605 g/mol. The number of para-hydroxylation sites is 4. The molecule has 10 aromatic rings. The summed E-state index contributed by atoms with van der Waals surface area (Å²) in [6.45, 7) is 0. The van der Waals surface area contributed by atoms with Crippen LogP contribution in [0.4, 0.5) is 0 Å². The lowest BCUT2D eigenvalue weighted by molar-refractivity contribution is 1.18. The topological polar surface area (TPSA) is 9.86 Å². The second-order valence-electron chi connectivity index (χ2n) is 12.9. The van der Waals surface area contributed by atoms with Crippen molar-refractivity contribution in [2.45, 2.75) is 0 Å². The van der Waals surface area contributed by atoms with Gasteiger partial charge in [-0.3, -0.25) is 0 Å². The molecule has 50 heavy (non-hydrogen) atoms. The first-order valence-electron chi connectivity index (χ1n) is 17.2. The fourth-order valence-corrected chi connectivity index (χ4v) is 7.89. The quantitative estimate of drug-likeness (QED) is 0.178. The highest BCUT2D eigenvalue weighted by Crippen LogP contribution is 2.43. The van der Waals surface area contributed by atoms with E-state index < -0.39 is 0 Å². The van der Waals surface area contributed by atoms with E-state index in [2.05, 4.69) is 203 Å². The SMILES string of the molecule is c1ccc(-c2ccc3c(c2)c2cccc(-c4ccccc4)c2n3-c2ccccc2-c2ccc3c(c2)c2ccccc2n3-c2ccccc2)cc1. The van der Waals surface area contributed by atoms with E-state index in [-0.39, 0.29) is 0 Å². The molecule has 0 atom stereocenters. The van der Waals surface area contributed by atoms with Crippen molar-refractivity contribution in [2.75, 3.05) is 0 Å². The predicted molar refractivity (Wildman–Crippen MR) is 211 cm³/mol. The number of aromatic nitrogens is 2. The van der Waals surface area contributed by atoms with E-state index in [1.807, 2.05) is 0 Å². The molecule has 0 aliphatic heterocycles. The van der Waals surface area contributed by atoms with E-state index in [1.54, 1.807) is 0 Å². The minimum Gasteiger partial charge on any atom is -0.309 e. The van der Waals surface area contributed by atoms with Crippen molar-refractivity contribution in [2.24, 2.45) is 0 Å². The third-order valence-corrected chi connectivity index (χ3v) is 10.1. The van der Waals surface area contributed by atoms with Gasteiger partial charge in [-0.05, 0) is 70.8 Å². The van der Waals surface area contributed by atoms with Crippen LogP contribution in [0.5, 0.6) is 0 Å². The highest BCUT2D eigenvalue weighted by atomic mass is 15.0. The number of nitrogens with zero attached hydrogens (tertiary/aromatic N) is 2. The van der Waals surface area contributed by atoms with E-state index in [4.69, 9.17) is 0 Å². The smallest absolute Gasteiger partial charge is 0.0619 e. The normalized spacial score (nSPS) is 11.6. The summed E-state index contributed by atoms with van der Waals surface area (Å²) in [5.41, 5.74) is 14.4. The molecule has 0 N–H and O–H groups in total. The van der Waals surface area contributed by atoms with Gasteiger partial charge >= 0.3 is 0 Å². The van der Waals surface area contributed by atoms with Crippen molar-refractivity contribution in [1.29, 1.82) is 0 Å². The van der Waals surface area contributed by atoms with Gasteiger partial charge < -0.3 is 9.13 Å². The summed E-state index contributed by atoms with van der Waals surface area (Å²) in [6.07, 6.45) is 0. The van der Waals surface area contributed by atoms with Crippen LogP contribution in [0, 0.1) is 0 Å². The fraction of sp³-hybridized carbons (Fsp3) is 0. The van der Waals surface area contributed by atoms with Crippen molar-refractivity contribution in [3.05, 3.63) is 194 Å². The van der Waals surface area contributed by atoms with Crippen molar-refractivity contribution in [3.8, 4) is 44.8 Å². The number of hydrogen-bond acceptors (Lipinski definition) is 0. The summed E-state index contributed by atoms with van der Waals surface area (Å²) in [6, 6.07) is 70.4. The molecular formula is C48H32N2. The Morgan fingerprint density at radius 3 is 1.62 bits per heavy atom. The maximum Gasteiger partial charge on any atom is 0.0619 e. The van der Waals surface area contributed by atoms with Gasteiger partial charge in [0.1, 0.15) is 0 Å². The average molecular weight is 637 g/mol. The maximum absolute atomic E-state index is 2.49. The van der Waals surface area contributed by atoms with Crippen LogP contribution in [0.15, 0.2) is 194 Å². The zero-order valence-corrected chi connectivity index (χ0v) is 27.4. The van der Waals surface area contributed by atoms with E-state index in [0.29, 0.717) is 0 Å². The van der Waals surface area contributed by atoms with Gasteiger partial charge in [-0.15, -0.1) is 0 Å². The average Bonchev–Trinajstić information content (AvgIpc) is 3.71. The highest BCUT2D eigenvalue weighted by Gasteiger charge is 2.20. The molecule has 2 aromatic heterocycles. The molecule has 0 fully saturated rings. The number of hydrogen-bond donors (Lipinski definition) is 0. The Balaban J connectivity index is 1.25. The maximum atomic E-state index is 2.49. The molecule has 2 heteroatoms. The molecule has 0 aliphatic carbocycles. The highest BCUT2D eigenvalue weighted by molar-refractivity contribution is 6.15. The molecule has 2 heterocycles. The molecule has 0 unspecified atom stereocenters. The van der Waals surface area contributed by atoms with Crippen LogP contribution in [0.1, 0.15) is 0 Å². The third kappa shape index (κ3) is 4.43. The molecule has 0 aliphatic rings. The van der Waals surface area contributed by atoms with Gasteiger partial charge in [-0.2, -0.15) is 0 Å². The van der Waals surface area contributed by atoms with Crippen LogP contribution in [-0.4, -0.2) is 9.13 Å². The van der Waals surface area contributed by atoms with Gasteiger partial charge in [0.25, 0.3) is 0 Å². The van der Waals surface area contributed by atoms with E-state index in [1.165, 1.54) is 82.7 Å². The van der Waals surface area contributed by atoms with E-state index in [0.717, 1.165) is 5.69 Å². The van der Waals surface area contributed by atoms with Crippen molar-refractivity contribution >= 4 is 43.6 Å². The minimum absolute atomic E-state index is 1.16. The van der Waals surface area contributed by atoms with Crippen molar-refractivity contribution in [1.82, 2.24) is 9.13 Å². The predicted octanol–water partition coefficient (Wildman–Crippen LogP) is 12.9. The van der Waals surface area contributed by atoms with E-state index >= 15 is 0 Å². The van der Waals surface area contributed by atoms with Crippen LogP contribution < -0.4 is 0 Å². The summed E-state index contributed by atoms with van der Waals surface area (Å²) in [5, 5.41) is 4.99. The molecule has 0 spiro atoms. The van der Waals surface area contributed by atoms with Crippen LogP contribution in [-0.2, 0) is 0 Å². The van der Waals surface area contributed by atoms with Crippen molar-refractivity contribution in [3.63, 3.8) is 0 Å². The molecule has 0 amide bonds. The molecule has 0 bridgehead atoms. The molecule has 0 radical (unpaired) electrons. The molecule has 10 rings (SSSR count). The van der Waals surface area contributed by atoms with Gasteiger partial charge in [0.2, 0.25) is 0 Å². The first kappa shape index (κ1) is 28.4. The van der Waals surface area contributed by atoms with Crippen LogP contribution in [0.3, 0.4) is 0 Å². The van der Waals surface area contributed by atoms with Gasteiger partial charge in [-0.25, -0.2) is 0 Å². The lowest BCUT2D eigenvalue weighted by atomic mass is 9.99. The van der Waals surface area contributed by atoms with Crippen molar-refractivity contribution < 1.29 is 0 Å². The Hall–Kier alpha value is -6.64. The van der Waals surface area contributed by atoms with Gasteiger partial charge in [0, 0.05) is 38.4 Å². The second kappa shape index (κ2) is 11.5.